The zero-order valence-corrected chi connectivity index (χ0v) is 13.7. The Morgan fingerprint density at radius 3 is 1.10 bits per heavy atom. The third-order valence-electron chi connectivity index (χ3n) is 2.16. The predicted molar refractivity (Wildman–Crippen MR) is 61.5 cm³/mol. The van der Waals surface area contributed by atoms with Crippen molar-refractivity contribution >= 4 is 11.9 Å². The second kappa shape index (κ2) is 8.92. The molecule has 0 fully saturated rings. The van der Waals surface area contributed by atoms with Gasteiger partial charge in [-0.05, 0) is 35.4 Å². The topological polar surface area (TPSA) is 80.3 Å². The van der Waals surface area contributed by atoms with Gasteiger partial charge in [-0.25, -0.2) is 8.78 Å². The third kappa shape index (κ3) is 6.72. The smallest absolute Gasteiger partial charge is 0.545 e. The molecule has 4 nitrogen and oxygen atoms in total. The van der Waals surface area contributed by atoms with Crippen LogP contribution in [-0.4, -0.2) is 11.9 Å². The summed E-state index contributed by atoms with van der Waals surface area (Å²) >= 11 is 0. The van der Waals surface area contributed by atoms with Crippen LogP contribution in [0.3, 0.4) is 0 Å². The molecule has 0 aliphatic heterocycles. The summed E-state index contributed by atoms with van der Waals surface area (Å²) in [5.74, 6) is -3.49. The fourth-order valence-electron chi connectivity index (χ4n) is 1.17. The number of halogens is 2. The Morgan fingerprint density at radius 1 is 0.667 bits per heavy atom. The van der Waals surface area contributed by atoms with Gasteiger partial charge in [-0.15, -0.1) is 0 Å². The normalized spacial score (nSPS) is 8.86. The Bertz CT molecular complexity index is 542. The molecule has 2 aromatic carbocycles. The fraction of sp³-hybridized carbons (Fsp3) is 0. The molecule has 0 saturated carbocycles. The quantitative estimate of drug-likeness (QED) is 0.738. The molecule has 0 N–H and O–H groups in total. The molecule has 0 amide bonds. The molecule has 0 heterocycles. The Kier molecular flexibility index (Phi) is 8.01. The number of carbonyl (C=O) groups excluding carboxylic acids is 2. The van der Waals surface area contributed by atoms with Crippen LogP contribution < -0.4 is 10.2 Å². The van der Waals surface area contributed by atoms with E-state index < -0.39 is 23.6 Å². The summed E-state index contributed by atoms with van der Waals surface area (Å²) in [6, 6.07) is 8.93. The summed E-state index contributed by atoms with van der Waals surface area (Å²) in [6.07, 6.45) is 0. The Morgan fingerprint density at radius 2 is 0.905 bits per heavy atom. The van der Waals surface area contributed by atoms with Crippen LogP contribution in [0, 0.1) is 11.6 Å². The summed E-state index contributed by atoms with van der Waals surface area (Å²) in [6.45, 7) is 0. The Balaban J connectivity index is 0.000000364. The molecule has 0 aliphatic carbocycles. The number of aromatic carboxylic acids is 2. The van der Waals surface area contributed by atoms with Gasteiger partial charge in [-0.2, -0.15) is 0 Å². The minimum absolute atomic E-state index is 0. The van der Waals surface area contributed by atoms with Gasteiger partial charge >= 0.3 is 19.5 Å². The van der Waals surface area contributed by atoms with Gasteiger partial charge in [0, 0.05) is 0 Å². The number of benzene rings is 2. The van der Waals surface area contributed by atoms with Crippen molar-refractivity contribution in [1.82, 2.24) is 0 Å². The van der Waals surface area contributed by atoms with E-state index in [1.54, 1.807) is 0 Å². The molecule has 2 rings (SSSR count). The standard InChI is InChI=1S/2C7H5FO2.Zn/c2*8-6-3-1-5(2-4-6)7(9)10;/h2*1-4H,(H,9,10);/q;;+2/p-2. The Hall–Kier alpha value is -2.14. The van der Waals surface area contributed by atoms with Crippen molar-refractivity contribution in [2.45, 2.75) is 0 Å². The predicted octanol–water partition coefficient (Wildman–Crippen LogP) is 0.376. The zero-order chi connectivity index (χ0) is 15.1. The van der Waals surface area contributed by atoms with Gasteiger partial charge in [0.05, 0.1) is 11.9 Å². The van der Waals surface area contributed by atoms with Crippen LogP contribution in [0.15, 0.2) is 48.5 Å². The van der Waals surface area contributed by atoms with Crippen molar-refractivity contribution in [3.63, 3.8) is 0 Å². The van der Waals surface area contributed by atoms with E-state index in [4.69, 9.17) is 0 Å². The minimum Gasteiger partial charge on any atom is -0.545 e. The van der Waals surface area contributed by atoms with E-state index in [9.17, 15) is 28.6 Å². The van der Waals surface area contributed by atoms with Crippen LogP contribution >= 0.6 is 0 Å². The van der Waals surface area contributed by atoms with Gasteiger partial charge < -0.3 is 19.8 Å². The van der Waals surface area contributed by atoms with E-state index in [-0.39, 0.29) is 30.6 Å². The molecule has 0 atom stereocenters. The van der Waals surface area contributed by atoms with Crippen LogP contribution in [0.5, 0.6) is 0 Å². The van der Waals surface area contributed by atoms with Crippen LogP contribution in [-0.2, 0) is 19.5 Å². The Labute approximate surface area is 131 Å². The van der Waals surface area contributed by atoms with Gasteiger partial charge in [0.25, 0.3) is 0 Å². The van der Waals surface area contributed by atoms with E-state index in [0.717, 1.165) is 48.5 Å². The molecule has 104 valence electrons. The average Bonchev–Trinajstić information content (AvgIpc) is 2.40. The molecular formula is C14H8F2O4Zn. The van der Waals surface area contributed by atoms with Gasteiger partial charge in [-0.3, -0.25) is 0 Å². The fourth-order valence-corrected chi connectivity index (χ4v) is 1.17. The van der Waals surface area contributed by atoms with Crippen molar-refractivity contribution < 1.29 is 48.1 Å². The number of hydrogen-bond donors (Lipinski definition) is 0. The maximum atomic E-state index is 12.1. The number of rotatable bonds is 2. The molecule has 0 aliphatic rings. The summed E-state index contributed by atoms with van der Waals surface area (Å²) in [5.41, 5.74) is -0.0252. The van der Waals surface area contributed by atoms with Gasteiger partial charge in [-0.1, -0.05) is 24.3 Å². The van der Waals surface area contributed by atoms with Crippen molar-refractivity contribution in [2.75, 3.05) is 0 Å². The first kappa shape index (κ1) is 18.9. The van der Waals surface area contributed by atoms with Crippen molar-refractivity contribution in [2.24, 2.45) is 0 Å². The summed E-state index contributed by atoms with van der Waals surface area (Å²) < 4.78 is 24.3. The van der Waals surface area contributed by atoms with Crippen molar-refractivity contribution in [1.29, 1.82) is 0 Å². The van der Waals surface area contributed by atoms with E-state index in [2.05, 4.69) is 0 Å². The number of carboxylic acid groups (broad SMARTS) is 2. The van der Waals surface area contributed by atoms with Gasteiger partial charge in [0.1, 0.15) is 11.6 Å². The first-order valence-corrected chi connectivity index (χ1v) is 5.34. The van der Waals surface area contributed by atoms with Crippen LogP contribution in [0.4, 0.5) is 8.78 Å². The number of carbonyl (C=O) groups is 2. The molecule has 0 spiro atoms. The molecule has 0 radical (unpaired) electrons. The molecule has 2 aromatic rings. The van der Waals surface area contributed by atoms with E-state index >= 15 is 0 Å². The summed E-state index contributed by atoms with van der Waals surface area (Å²) in [5, 5.41) is 20.2. The number of carboxylic acids is 2. The maximum absolute atomic E-state index is 12.1. The summed E-state index contributed by atoms with van der Waals surface area (Å²) in [7, 11) is 0. The summed E-state index contributed by atoms with van der Waals surface area (Å²) in [4.78, 5) is 20.2. The van der Waals surface area contributed by atoms with Crippen LogP contribution in [0.2, 0.25) is 0 Å². The SMILES string of the molecule is O=C([O-])c1ccc(F)cc1.O=C([O-])c1ccc(F)cc1.[Zn+2]. The van der Waals surface area contributed by atoms with Gasteiger partial charge in [0.2, 0.25) is 0 Å². The van der Waals surface area contributed by atoms with Crippen LogP contribution in [0.25, 0.3) is 0 Å². The van der Waals surface area contributed by atoms with E-state index in [0.29, 0.717) is 0 Å². The largest absolute Gasteiger partial charge is 2.00 e. The monoisotopic (exact) mass is 342 g/mol. The molecule has 0 aromatic heterocycles. The van der Waals surface area contributed by atoms with Crippen LogP contribution in [0.1, 0.15) is 20.7 Å². The van der Waals surface area contributed by atoms with E-state index in [1.807, 2.05) is 0 Å². The average molecular weight is 344 g/mol. The first-order valence-electron chi connectivity index (χ1n) is 5.34. The van der Waals surface area contributed by atoms with Crippen molar-refractivity contribution in [3.05, 3.63) is 71.3 Å². The molecule has 0 saturated heterocycles. The van der Waals surface area contributed by atoms with Crippen molar-refractivity contribution in [3.8, 4) is 0 Å². The second-order valence-electron chi connectivity index (χ2n) is 3.59. The number of hydrogen-bond acceptors (Lipinski definition) is 4. The van der Waals surface area contributed by atoms with E-state index in [1.165, 1.54) is 0 Å². The molecule has 0 bridgehead atoms. The molecular weight excluding hydrogens is 336 g/mol. The molecule has 21 heavy (non-hydrogen) atoms. The first-order chi connectivity index (χ1) is 9.40. The third-order valence-corrected chi connectivity index (χ3v) is 2.16. The minimum atomic E-state index is -1.29. The van der Waals surface area contributed by atoms with Gasteiger partial charge in [0.15, 0.2) is 0 Å². The molecule has 0 unspecified atom stereocenters. The second-order valence-corrected chi connectivity index (χ2v) is 3.59. The zero-order valence-electron chi connectivity index (χ0n) is 10.7. The maximum Gasteiger partial charge on any atom is 2.00 e. The molecule has 7 heteroatoms.